The molecule has 27 heavy (non-hydrogen) atoms. The van der Waals surface area contributed by atoms with E-state index in [4.69, 9.17) is 16.3 Å². The highest BCUT2D eigenvalue weighted by molar-refractivity contribution is 7.98. The summed E-state index contributed by atoms with van der Waals surface area (Å²) in [5, 5.41) is 1.30. The van der Waals surface area contributed by atoms with Crippen molar-refractivity contribution in [2.75, 3.05) is 7.11 Å². The first-order valence-corrected chi connectivity index (χ1v) is 9.49. The largest absolute Gasteiger partial charge is 0.497 e. The maximum absolute atomic E-state index is 12.3. The molecule has 0 saturated carbocycles. The summed E-state index contributed by atoms with van der Waals surface area (Å²) in [7, 11) is 1.64. The average molecular weight is 399 g/mol. The van der Waals surface area contributed by atoms with Gasteiger partial charge in [-0.25, -0.2) is 9.97 Å². The Bertz CT molecular complexity index is 1170. The van der Waals surface area contributed by atoms with Crippen molar-refractivity contribution in [3.8, 4) is 11.4 Å². The van der Waals surface area contributed by atoms with Gasteiger partial charge in [0.15, 0.2) is 5.16 Å². The van der Waals surface area contributed by atoms with Gasteiger partial charge in [0.2, 0.25) is 0 Å². The second kappa shape index (κ2) is 7.46. The molecule has 3 heterocycles. The van der Waals surface area contributed by atoms with Gasteiger partial charge in [0.25, 0.3) is 5.56 Å². The maximum Gasteiger partial charge on any atom is 0.258 e. The van der Waals surface area contributed by atoms with Crippen molar-refractivity contribution in [1.82, 2.24) is 18.9 Å². The lowest BCUT2D eigenvalue weighted by Gasteiger charge is -2.09. The van der Waals surface area contributed by atoms with E-state index in [0.29, 0.717) is 22.1 Å². The Balaban J connectivity index is 1.60. The molecule has 4 rings (SSSR count). The molecule has 0 radical (unpaired) electrons. The summed E-state index contributed by atoms with van der Waals surface area (Å²) in [4.78, 5) is 21.2. The third kappa shape index (κ3) is 3.70. The zero-order valence-electron chi connectivity index (χ0n) is 14.4. The number of aromatic nitrogens is 4. The molecular formula is C19H15ClN4O2S. The molecule has 6 nitrogen and oxygen atoms in total. The Morgan fingerprint density at radius 3 is 2.96 bits per heavy atom. The van der Waals surface area contributed by atoms with Gasteiger partial charge in [-0.3, -0.25) is 13.8 Å². The number of rotatable bonds is 5. The molecule has 0 fully saturated rings. The summed E-state index contributed by atoms with van der Waals surface area (Å²) in [6.45, 7) is 0. The third-order valence-electron chi connectivity index (χ3n) is 3.96. The van der Waals surface area contributed by atoms with Crippen LogP contribution in [0.5, 0.6) is 5.75 Å². The first-order valence-electron chi connectivity index (χ1n) is 8.12. The number of fused-ring (bicyclic) bond motifs is 1. The monoisotopic (exact) mass is 398 g/mol. The van der Waals surface area contributed by atoms with E-state index in [1.807, 2.05) is 35.0 Å². The van der Waals surface area contributed by atoms with Crippen molar-refractivity contribution in [3.05, 3.63) is 82.1 Å². The van der Waals surface area contributed by atoms with Gasteiger partial charge in [-0.15, -0.1) is 0 Å². The zero-order chi connectivity index (χ0) is 18.8. The molecule has 0 N–H and O–H groups in total. The van der Waals surface area contributed by atoms with Crippen molar-refractivity contribution in [2.45, 2.75) is 10.9 Å². The van der Waals surface area contributed by atoms with Crippen LogP contribution in [0.2, 0.25) is 5.02 Å². The van der Waals surface area contributed by atoms with Crippen LogP contribution in [0.3, 0.4) is 0 Å². The van der Waals surface area contributed by atoms with Crippen molar-refractivity contribution in [3.63, 3.8) is 0 Å². The Kier molecular flexibility index (Phi) is 4.87. The van der Waals surface area contributed by atoms with Crippen LogP contribution in [0.4, 0.5) is 0 Å². The van der Waals surface area contributed by atoms with E-state index < -0.39 is 0 Å². The molecule has 0 atom stereocenters. The Labute approximate surface area is 164 Å². The number of halogens is 1. The molecule has 1 aromatic carbocycles. The van der Waals surface area contributed by atoms with E-state index >= 15 is 0 Å². The van der Waals surface area contributed by atoms with Crippen LogP contribution >= 0.6 is 23.4 Å². The number of ether oxygens (including phenoxy) is 1. The lowest BCUT2D eigenvalue weighted by Crippen LogP contribution is -2.15. The molecule has 8 heteroatoms. The highest BCUT2D eigenvalue weighted by atomic mass is 35.5. The third-order valence-corrected chi connectivity index (χ3v) is 5.19. The van der Waals surface area contributed by atoms with Crippen molar-refractivity contribution >= 4 is 29.0 Å². The van der Waals surface area contributed by atoms with E-state index in [2.05, 4.69) is 9.97 Å². The number of benzene rings is 1. The van der Waals surface area contributed by atoms with Crippen molar-refractivity contribution < 1.29 is 4.74 Å². The van der Waals surface area contributed by atoms with Crippen molar-refractivity contribution in [2.24, 2.45) is 0 Å². The van der Waals surface area contributed by atoms with Crippen LogP contribution in [0.25, 0.3) is 11.3 Å². The fourth-order valence-corrected chi connectivity index (χ4v) is 3.72. The van der Waals surface area contributed by atoms with Crippen LogP contribution in [0.1, 0.15) is 5.69 Å². The minimum atomic E-state index is -0.158. The standard InChI is InChI=1S/C19H15ClN4O2S/c1-26-16-4-2-3-15(10-16)23-8-7-21-19(23)27-12-14-9-18(25)24-11-13(20)5-6-17(24)22-14/h2-11H,12H2,1H3. The summed E-state index contributed by atoms with van der Waals surface area (Å²) < 4.78 is 8.70. The number of nitrogens with zero attached hydrogens (tertiary/aromatic N) is 4. The predicted octanol–water partition coefficient (Wildman–Crippen LogP) is 3.83. The van der Waals surface area contributed by atoms with Gasteiger partial charge in [0, 0.05) is 36.5 Å². The smallest absolute Gasteiger partial charge is 0.258 e. The lowest BCUT2D eigenvalue weighted by molar-refractivity contribution is 0.414. The molecule has 0 bridgehead atoms. The molecule has 0 aliphatic carbocycles. The molecule has 0 unspecified atom stereocenters. The van der Waals surface area contributed by atoms with Gasteiger partial charge in [0.1, 0.15) is 11.4 Å². The number of pyridine rings is 1. The van der Waals surface area contributed by atoms with E-state index in [0.717, 1.165) is 16.6 Å². The quantitative estimate of drug-likeness (QED) is 0.478. The minimum absolute atomic E-state index is 0.158. The molecule has 0 aliphatic rings. The van der Waals surface area contributed by atoms with Crippen molar-refractivity contribution in [1.29, 1.82) is 0 Å². The lowest BCUT2D eigenvalue weighted by atomic mass is 10.3. The zero-order valence-corrected chi connectivity index (χ0v) is 15.9. The molecule has 136 valence electrons. The topological polar surface area (TPSA) is 61.4 Å². The first-order chi connectivity index (χ1) is 13.1. The Hall–Kier alpha value is -2.77. The Morgan fingerprint density at radius 2 is 2.11 bits per heavy atom. The molecule has 0 aliphatic heterocycles. The highest BCUT2D eigenvalue weighted by Crippen LogP contribution is 2.25. The van der Waals surface area contributed by atoms with Crippen LogP contribution in [0.15, 0.2) is 71.0 Å². The summed E-state index contributed by atoms with van der Waals surface area (Å²) in [6.07, 6.45) is 5.20. The summed E-state index contributed by atoms with van der Waals surface area (Å²) in [5.41, 5.74) is 2.05. The number of methoxy groups -OCH3 is 1. The molecular weight excluding hydrogens is 384 g/mol. The van der Waals surface area contributed by atoms with Gasteiger partial charge in [-0.2, -0.15) is 0 Å². The molecule has 0 amide bonds. The average Bonchev–Trinajstić information content (AvgIpc) is 3.16. The first kappa shape index (κ1) is 17.6. The van der Waals surface area contributed by atoms with Crippen LogP contribution < -0.4 is 10.3 Å². The molecule has 4 aromatic rings. The number of imidazole rings is 1. The second-order valence-electron chi connectivity index (χ2n) is 5.73. The van der Waals surface area contributed by atoms with E-state index in [-0.39, 0.29) is 5.56 Å². The minimum Gasteiger partial charge on any atom is -0.497 e. The van der Waals surface area contributed by atoms with Crippen LogP contribution in [0, 0.1) is 0 Å². The summed E-state index contributed by atoms with van der Waals surface area (Å²) >= 11 is 7.45. The van der Waals surface area contributed by atoms with Crippen LogP contribution in [-0.4, -0.2) is 26.0 Å². The summed E-state index contributed by atoms with van der Waals surface area (Å²) in [6, 6.07) is 12.7. The van der Waals surface area contributed by atoms with Gasteiger partial charge < -0.3 is 4.74 Å². The number of hydrogen-bond acceptors (Lipinski definition) is 5. The normalized spacial score (nSPS) is 11.0. The fraction of sp³-hybridized carbons (Fsp3) is 0.105. The van der Waals surface area contributed by atoms with Crippen LogP contribution in [-0.2, 0) is 5.75 Å². The fourth-order valence-electron chi connectivity index (χ4n) is 2.69. The molecule has 0 spiro atoms. The molecule has 3 aromatic heterocycles. The van der Waals surface area contributed by atoms with Gasteiger partial charge >= 0.3 is 0 Å². The Morgan fingerprint density at radius 1 is 1.22 bits per heavy atom. The SMILES string of the molecule is COc1cccc(-n2ccnc2SCc2cc(=O)n3cc(Cl)ccc3n2)c1. The van der Waals surface area contributed by atoms with E-state index in [9.17, 15) is 4.79 Å². The second-order valence-corrected chi connectivity index (χ2v) is 7.11. The van der Waals surface area contributed by atoms with Gasteiger partial charge in [-0.1, -0.05) is 29.4 Å². The van der Waals surface area contributed by atoms with Gasteiger partial charge in [0.05, 0.1) is 23.5 Å². The van der Waals surface area contributed by atoms with Gasteiger partial charge in [-0.05, 0) is 24.3 Å². The maximum atomic E-state index is 12.3. The number of thioether (sulfide) groups is 1. The highest BCUT2D eigenvalue weighted by Gasteiger charge is 2.09. The molecule has 0 saturated heterocycles. The summed E-state index contributed by atoms with van der Waals surface area (Å²) in [5.74, 6) is 1.30. The van der Waals surface area contributed by atoms with E-state index in [1.165, 1.54) is 22.2 Å². The van der Waals surface area contributed by atoms with E-state index in [1.54, 1.807) is 31.6 Å². The number of hydrogen-bond donors (Lipinski definition) is 0. The predicted molar refractivity (Wildman–Crippen MR) is 106 cm³/mol.